The van der Waals surface area contributed by atoms with E-state index >= 15 is 0 Å². The van der Waals surface area contributed by atoms with Crippen LogP contribution in [0.3, 0.4) is 0 Å². The van der Waals surface area contributed by atoms with E-state index in [9.17, 15) is 9.59 Å². The second kappa shape index (κ2) is 6.74. The number of hydrogen-bond donors (Lipinski definition) is 0. The minimum absolute atomic E-state index is 0.0687. The van der Waals surface area contributed by atoms with Gasteiger partial charge in [0.15, 0.2) is 11.5 Å². The van der Waals surface area contributed by atoms with Crippen molar-refractivity contribution in [2.45, 2.75) is 13.3 Å². The van der Waals surface area contributed by atoms with Crippen LogP contribution in [-0.4, -0.2) is 25.5 Å². The van der Waals surface area contributed by atoms with Crippen LogP contribution in [0.25, 0.3) is 0 Å². The highest BCUT2D eigenvalue weighted by molar-refractivity contribution is 5.99. The first-order valence-electron chi connectivity index (χ1n) is 7.80. The quantitative estimate of drug-likeness (QED) is 0.640. The monoisotopic (exact) mass is 325 g/mol. The molecular formula is C19H19NO4. The molecule has 3 rings (SSSR count). The van der Waals surface area contributed by atoms with Crippen LogP contribution < -0.4 is 14.4 Å². The first kappa shape index (κ1) is 16.1. The second-order valence-electron chi connectivity index (χ2n) is 5.81. The normalized spacial score (nSPS) is 17.0. The van der Waals surface area contributed by atoms with Gasteiger partial charge in [-0.2, -0.15) is 0 Å². The van der Waals surface area contributed by atoms with Gasteiger partial charge >= 0.3 is 5.97 Å². The predicted octanol–water partition coefficient (Wildman–Crippen LogP) is 2.96. The minimum atomic E-state index is -0.483. The van der Waals surface area contributed by atoms with E-state index in [0.29, 0.717) is 18.0 Å². The molecule has 0 bridgehead atoms. The van der Waals surface area contributed by atoms with Crippen molar-refractivity contribution >= 4 is 17.6 Å². The molecule has 5 heteroatoms. The summed E-state index contributed by atoms with van der Waals surface area (Å²) in [5.74, 6) is -0.108. The van der Waals surface area contributed by atoms with Crippen molar-refractivity contribution in [3.63, 3.8) is 0 Å². The van der Waals surface area contributed by atoms with Crippen molar-refractivity contribution in [3.8, 4) is 11.5 Å². The van der Waals surface area contributed by atoms with E-state index in [1.165, 1.54) is 7.11 Å². The van der Waals surface area contributed by atoms with Crippen LogP contribution in [-0.2, 0) is 9.59 Å². The molecule has 124 valence electrons. The van der Waals surface area contributed by atoms with Gasteiger partial charge in [-0.15, -0.1) is 0 Å². The van der Waals surface area contributed by atoms with Crippen LogP contribution in [0, 0.1) is 12.8 Å². The van der Waals surface area contributed by atoms with Crippen molar-refractivity contribution < 1.29 is 19.1 Å². The lowest BCUT2D eigenvalue weighted by Gasteiger charge is -2.17. The van der Waals surface area contributed by atoms with Gasteiger partial charge in [-0.3, -0.25) is 9.59 Å². The van der Waals surface area contributed by atoms with E-state index in [0.717, 1.165) is 11.3 Å². The smallest absolute Gasteiger partial charge is 0.316 e. The standard InChI is InChI=1S/C19H19NO4/c1-13-7-9-15(10-8-13)20-12-14(11-18(20)21)19(22)24-17-6-4-3-5-16(17)23-2/h3-10,14H,11-12H2,1-2H3. The van der Waals surface area contributed by atoms with Gasteiger partial charge in [0.1, 0.15) is 0 Å². The van der Waals surface area contributed by atoms with E-state index in [1.807, 2.05) is 31.2 Å². The van der Waals surface area contributed by atoms with Crippen LogP contribution in [0.4, 0.5) is 5.69 Å². The molecule has 1 aliphatic heterocycles. The van der Waals surface area contributed by atoms with Crippen molar-refractivity contribution in [1.82, 2.24) is 0 Å². The maximum Gasteiger partial charge on any atom is 0.316 e. The van der Waals surface area contributed by atoms with Gasteiger partial charge < -0.3 is 14.4 Å². The Balaban J connectivity index is 1.71. The van der Waals surface area contributed by atoms with Crippen molar-refractivity contribution in [2.24, 2.45) is 5.92 Å². The molecule has 1 saturated heterocycles. The molecule has 24 heavy (non-hydrogen) atoms. The third kappa shape index (κ3) is 3.25. The number of methoxy groups -OCH3 is 1. The highest BCUT2D eigenvalue weighted by Gasteiger charge is 2.36. The van der Waals surface area contributed by atoms with E-state index in [1.54, 1.807) is 29.2 Å². The number of hydrogen-bond acceptors (Lipinski definition) is 4. The number of amides is 1. The Labute approximate surface area is 140 Å². The molecule has 0 N–H and O–H groups in total. The Morgan fingerprint density at radius 2 is 1.75 bits per heavy atom. The highest BCUT2D eigenvalue weighted by Crippen LogP contribution is 2.30. The summed E-state index contributed by atoms with van der Waals surface area (Å²) in [6, 6.07) is 14.6. The lowest BCUT2D eigenvalue weighted by Crippen LogP contribution is -2.27. The van der Waals surface area contributed by atoms with Gasteiger partial charge in [-0.05, 0) is 31.2 Å². The van der Waals surface area contributed by atoms with Crippen molar-refractivity contribution in [2.75, 3.05) is 18.6 Å². The summed E-state index contributed by atoms with van der Waals surface area (Å²) >= 11 is 0. The maximum atomic E-state index is 12.4. The molecule has 1 heterocycles. The zero-order valence-electron chi connectivity index (χ0n) is 13.7. The molecule has 1 atom stereocenters. The summed E-state index contributed by atoms with van der Waals surface area (Å²) in [7, 11) is 1.52. The maximum absolute atomic E-state index is 12.4. The van der Waals surface area contributed by atoms with E-state index in [2.05, 4.69) is 0 Å². The Morgan fingerprint density at radius 1 is 1.08 bits per heavy atom. The molecule has 1 fully saturated rings. The fraction of sp³-hybridized carbons (Fsp3) is 0.263. The number of esters is 1. The Kier molecular flexibility index (Phi) is 4.51. The molecule has 1 unspecified atom stereocenters. The van der Waals surface area contributed by atoms with Crippen LogP contribution in [0.5, 0.6) is 11.5 Å². The molecule has 1 aliphatic rings. The molecule has 1 amide bonds. The largest absolute Gasteiger partial charge is 0.493 e. The molecule has 2 aromatic rings. The summed E-state index contributed by atoms with van der Waals surface area (Å²) in [4.78, 5) is 26.3. The number of carbonyl (C=O) groups excluding carboxylic acids is 2. The van der Waals surface area contributed by atoms with E-state index < -0.39 is 11.9 Å². The summed E-state index contributed by atoms with van der Waals surface area (Å²) in [6.07, 6.45) is 0.155. The third-order valence-corrected chi connectivity index (χ3v) is 4.08. The SMILES string of the molecule is COc1ccccc1OC(=O)C1CC(=O)N(c2ccc(C)cc2)C1. The van der Waals surface area contributed by atoms with Crippen LogP contribution in [0.1, 0.15) is 12.0 Å². The fourth-order valence-corrected chi connectivity index (χ4v) is 2.73. The van der Waals surface area contributed by atoms with Gasteiger partial charge in [-0.1, -0.05) is 29.8 Å². The number of rotatable bonds is 4. The van der Waals surface area contributed by atoms with E-state index in [-0.39, 0.29) is 12.3 Å². The molecule has 2 aromatic carbocycles. The molecule has 0 spiro atoms. The Bertz CT molecular complexity index is 754. The topological polar surface area (TPSA) is 55.8 Å². The number of benzene rings is 2. The number of nitrogens with zero attached hydrogens (tertiary/aromatic N) is 1. The number of ether oxygens (including phenoxy) is 2. The molecule has 0 saturated carbocycles. The van der Waals surface area contributed by atoms with Crippen LogP contribution in [0.2, 0.25) is 0 Å². The summed E-state index contributed by atoms with van der Waals surface area (Å²) in [5, 5.41) is 0. The molecule has 0 aliphatic carbocycles. The predicted molar refractivity (Wildman–Crippen MR) is 90.3 cm³/mol. The average Bonchev–Trinajstić information content (AvgIpc) is 2.98. The average molecular weight is 325 g/mol. The number of carbonyl (C=O) groups is 2. The molecular weight excluding hydrogens is 306 g/mol. The Morgan fingerprint density at radius 3 is 2.42 bits per heavy atom. The lowest BCUT2D eigenvalue weighted by atomic mass is 10.1. The van der Waals surface area contributed by atoms with Gasteiger partial charge in [0.2, 0.25) is 5.91 Å². The first-order valence-corrected chi connectivity index (χ1v) is 7.80. The zero-order chi connectivity index (χ0) is 17.1. The fourth-order valence-electron chi connectivity index (χ4n) is 2.73. The van der Waals surface area contributed by atoms with Crippen LogP contribution >= 0.6 is 0 Å². The first-order chi connectivity index (χ1) is 11.6. The molecule has 5 nitrogen and oxygen atoms in total. The number of para-hydroxylation sites is 2. The highest BCUT2D eigenvalue weighted by atomic mass is 16.6. The van der Waals surface area contributed by atoms with Gasteiger partial charge in [0.25, 0.3) is 0 Å². The zero-order valence-corrected chi connectivity index (χ0v) is 13.7. The second-order valence-corrected chi connectivity index (χ2v) is 5.81. The molecule has 0 aromatic heterocycles. The van der Waals surface area contributed by atoms with Crippen molar-refractivity contribution in [1.29, 1.82) is 0 Å². The Hall–Kier alpha value is -2.82. The number of aryl methyl sites for hydroxylation is 1. The lowest BCUT2D eigenvalue weighted by molar-refractivity contribution is -0.139. The summed E-state index contributed by atoms with van der Waals surface area (Å²) in [5.41, 5.74) is 1.93. The summed E-state index contributed by atoms with van der Waals surface area (Å²) in [6.45, 7) is 2.32. The third-order valence-electron chi connectivity index (χ3n) is 4.08. The van der Waals surface area contributed by atoms with Gasteiger partial charge in [-0.25, -0.2) is 0 Å². The van der Waals surface area contributed by atoms with Gasteiger partial charge in [0.05, 0.1) is 13.0 Å². The molecule has 0 radical (unpaired) electrons. The van der Waals surface area contributed by atoms with Crippen LogP contribution in [0.15, 0.2) is 48.5 Å². The minimum Gasteiger partial charge on any atom is -0.493 e. The summed E-state index contributed by atoms with van der Waals surface area (Å²) < 4.78 is 10.6. The van der Waals surface area contributed by atoms with E-state index in [4.69, 9.17) is 9.47 Å². The van der Waals surface area contributed by atoms with Crippen molar-refractivity contribution in [3.05, 3.63) is 54.1 Å². The number of anilines is 1. The van der Waals surface area contributed by atoms with Gasteiger partial charge in [0, 0.05) is 18.7 Å².